The Hall–Kier alpha value is -0.610. The first-order chi connectivity index (χ1) is 4.66. The lowest BCUT2D eigenvalue weighted by Crippen LogP contribution is -2.02. The molecule has 72 valence electrons. The number of nitrogen functional groups attached to an aromatic ring is 2. The Labute approximate surface area is 84.1 Å². The number of anilines is 2. The largest absolute Gasteiger partial charge is 0.394 e. The first-order valence-electron chi connectivity index (χ1n) is 3.25. The topological polar surface area (TPSA) is 69.9 Å². The summed E-state index contributed by atoms with van der Waals surface area (Å²) in [5.74, 6) is 0.569. The summed E-state index contributed by atoms with van der Waals surface area (Å²) in [7, 11) is 0. The van der Waals surface area contributed by atoms with Gasteiger partial charge in [0.2, 0.25) is 0 Å². The van der Waals surface area contributed by atoms with Crippen molar-refractivity contribution in [1.29, 1.82) is 0 Å². The van der Waals surface area contributed by atoms with Crippen LogP contribution in [-0.4, -0.2) is 9.78 Å². The fraction of sp³-hybridized carbons (Fsp3) is 0.500. The maximum Gasteiger partial charge on any atom is 0.145 e. The Morgan fingerprint density at radius 3 is 2.00 bits per heavy atom. The van der Waals surface area contributed by atoms with E-state index < -0.39 is 0 Å². The van der Waals surface area contributed by atoms with Crippen molar-refractivity contribution in [2.45, 2.75) is 20.4 Å². The van der Waals surface area contributed by atoms with E-state index in [9.17, 15) is 0 Å². The average molecular weight is 213 g/mol. The van der Waals surface area contributed by atoms with Crippen molar-refractivity contribution in [1.82, 2.24) is 9.78 Å². The number of rotatable bonds is 1. The van der Waals surface area contributed by atoms with Gasteiger partial charge in [-0.1, -0.05) is 0 Å². The van der Waals surface area contributed by atoms with E-state index in [-0.39, 0.29) is 24.8 Å². The number of aryl methyl sites for hydroxylation is 2. The molecule has 4 nitrogen and oxygen atoms in total. The summed E-state index contributed by atoms with van der Waals surface area (Å²) in [4.78, 5) is 0. The van der Waals surface area contributed by atoms with Crippen molar-refractivity contribution in [3.8, 4) is 0 Å². The highest BCUT2D eigenvalue weighted by Crippen LogP contribution is 2.17. The molecule has 0 saturated heterocycles. The third-order valence-corrected chi connectivity index (χ3v) is 1.51. The Morgan fingerprint density at radius 1 is 1.33 bits per heavy atom. The number of halogens is 2. The van der Waals surface area contributed by atoms with Crippen molar-refractivity contribution in [2.75, 3.05) is 11.5 Å². The third kappa shape index (κ3) is 2.19. The summed E-state index contributed by atoms with van der Waals surface area (Å²) in [6.45, 7) is 4.59. The fourth-order valence-corrected chi connectivity index (χ4v) is 0.854. The zero-order chi connectivity index (χ0) is 7.72. The summed E-state index contributed by atoms with van der Waals surface area (Å²) in [6, 6.07) is 0. The van der Waals surface area contributed by atoms with E-state index in [1.54, 1.807) is 4.68 Å². The van der Waals surface area contributed by atoms with Gasteiger partial charge in [-0.25, -0.2) is 4.68 Å². The molecule has 1 aromatic heterocycles. The molecule has 1 aromatic rings. The van der Waals surface area contributed by atoms with E-state index in [2.05, 4.69) is 5.10 Å². The molecule has 6 heteroatoms. The molecule has 0 amide bonds. The molecule has 0 aromatic carbocycles. The van der Waals surface area contributed by atoms with Crippen molar-refractivity contribution in [3.05, 3.63) is 5.69 Å². The molecule has 1 heterocycles. The standard InChI is InChI=1S/C6H12N4.2ClH/c1-3-10-6(8)5(7)4(2)9-10;;/h3,7-8H2,1-2H3;2*1H. The van der Waals surface area contributed by atoms with Crippen LogP contribution in [-0.2, 0) is 6.54 Å². The molecular weight excluding hydrogens is 199 g/mol. The van der Waals surface area contributed by atoms with Gasteiger partial charge in [0, 0.05) is 6.54 Å². The smallest absolute Gasteiger partial charge is 0.145 e. The van der Waals surface area contributed by atoms with Gasteiger partial charge in [-0.3, -0.25) is 0 Å². The number of aromatic nitrogens is 2. The molecule has 0 bridgehead atoms. The van der Waals surface area contributed by atoms with Crippen LogP contribution in [0.15, 0.2) is 0 Å². The van der Waals surface area contributed by atoms with Crippen LogP contribution in [0.3, 0.4) is 0 Å². The predicted molar refractivity (Wildman–Crippen MR) is 56.0 cm³/mol. The molecule has 0 unspecified atom stereocenters. The van der Waals surface area contributed by atoms with Crippen LogP contribution in [0.4, 0.5) is 11.5 Å². The van der Waals surface area contributed by atoms with Crippen LogP contribution in [0.1, 0.15) is 12.6 Å². The highest BCUT2D eigenvalue weighted by molar-refractivity contribution is 5.85. The van der Waals surface area contributed by atoms with Crippen LogP contribution >= 0.6 is 24.8 Å². The van der Waals surface area contributed by atoms with E-state index in [0.29, 0.717) is 11.5 Å². The number of nitrogens with zero attached hydrogens (tertiary/aromatic N) is 2. The van der Waals surface area contributed by atoms with Gasteiger partial charge in [0.05, 0.1) is 11.4 Å². The van der Waals surface area contributed by atoms with Crippen molar-refractivity contribution in [3.63, 3.8) is 0 Å². The summed E-state index contributed by atoms with van der Waals surface area (Å²) in [5, 5.41) is 4.09. The molecule has 12 heavy (non-hydrogen) atoms. The van der Waals surface area contributed by atoms with Gasteiger partial charge >= 0.3 is 0 Å². The molecule has 0 fully saturated rings. The zero-order valence-electron chi connectivity index (χ0n) is 7.07. The monoisotopic (exact) mass is 212 g/mol. The summed E-state index contributed by atoms with van der Waals surface area (Å²) >= 11 is 0. The molecule has 0 saturated carbocycles. The van der Waals surface area contributed by atoms with E-state index in [1.807, 2.05) is 13.8 Å². The van der Waals surface area contributed by atoms with Crippen LogP contribution in [0.25, 0.3) is 0 Å². The van der Waals surface area contributed by atoms with Gasteiger partial charge in [-0.2, -0.15) is 5.10 Å². The maximum atomic E-state index is 5.59. The van der Waals surface area contributed by atoms with Gasteiger partial charge in [0.1, 0.15) is 5.82 Å². The first-order valence-corrected chi connectivity index (χ1v) is 3.25. The Balaban J connectivity index is 0. The lowest BCUT2D eigenvalue weighted by Gasteiger charge is -1.96. The third-order valence-electron chi connectivity index (χ3n) is 1.51. The van der Waals surface area contributed by atoms with Gasteiger partial charge in [0.15, 0.2) is 0 Å². The second kappa shape index (κ2) is 5.11. The fourth-order valence-electron chi connectivity index (χ4n) is 0.854. The van der Waals surface area contributed by atoms with Gasteiger partial charge in [0.25, 0.3) is 0 Å². The SMILES string of the molecule is CCn1nc(C)c(N)c1N.Cl.Cl. The van der Waals surface area contributed by atoms with E-state index in [1.165, 1.54) is 0 Å². The number of hydrogen-bond donors (Lipinski definition) is 2. The van der Waals surface area contributed by atoms with Crippen molar-refractivity contribution < 1.29 is 0 Å². The maximum absolute atomic E-state index is 5.59. The summed E-state index contributed by atoms with van der Waals surface area (Å²) < 4.78 is 1.69. The molecule has 0 aliphatic heterocycles. The molecule has 1 rings (SSSR count). The summed E-state index contributed by atoms with van der Waals surface area (Å²) in [6.07, 6.45) is 0. The second-order valence-corrected chi connectivity index (χ2v) is 2.20. The number of hydrogen-bond acceptors (Lipinski definition) is 3. The van der Waals surface area contributed by atoms with E-state index in [0.717, 1.165) is 12.2 Å². The first kappa shape index (κ1) is 13.9. The normalized spacial score (nSPS) is 8.50. The van der Waals surface area contributed by atoms with E-state index >= 15 is 0 Å². The molecule has 4 N–H and O–H groups in total. The molecule has 0 aliphatic carbocycles. The lowest BCUT2D eigenvalue weighted by molar-refractivity contribution is 0.663. The van der Waals surface area contributed by atoms with Crippen molar-refractivity contribution >= 4 is 36.3 Å². The zero-order valence-corrected chi connectivity index (χ0v) is 8.71. The minimum Gasteiger partial charge on any atom is -0.394 e. The molecule has 0 atom stereocenters. The van der Waals surface area contributed by atoms with Gasteiger partial charge < -0.3 is 11.5 Å². The highest BCUT2D eigenvalue weighted by atomic mass is 35.5. The Kier molecular flexibility index (Phi) is 5.94. The van der Waals surface area contributed by atoms with Gasteiger partial charge in [-0.05, 0) is 13.8 Å². The molecule has 0 aliphatic rings. The Bertz CT molecular complexity index is 246. The quantitative estimate of drug-likeness (QED) is 0.736. The number of nitrogens with two attached hydrogens (primary N) is 2. The van der Waals surface area contributed by atoms with Crippen molar-refractivity contribution in [2.24, 2.45) is 0 Å². The lowest BCUT2D eigenvalue weighted by atomic mass is 10.4. The van der Waals surface area contributed by atoms with Crippen LogP contribution in [0.5, 0.6) is 0 Å². The van der Waals surface area contributed by atoms with Crippen LogP contribution in [0.2, 0.25) is 0 Å². The molecular formula is C6H14Cl2N4. The summed E-state index contributed by atoms with van der Waals surface area (Å²) in [5.41, 5.74) is 12.6. The predicted octanol–water partition coefficient (Wildman–Crippen LogP) is 1.22. The second-order valence-electron chi connectivity index (χ2n) is 2.20. The minimum absolute atomic E-state index is 0. The minimum atomic E-state index is 0. The average Bonchev–Trinajstić information content (AvgIpc) is 2.17. The van der Waals surface area contributed by atoms with Gasteiger partial charge in [-0.15, -0.1) is 24.8 Å². The molecule has 0 spiro atoms. The highest BCUT2D eigenvalue weighted by Gasteiger charge is 2.05. The Morgan fingerprint density at radius 2 is 1.83 bits per heavy atom. The van der Waals surface area contributed by atoms with E-state index in [4.69, 9.17) is 11.5 Å². The van der Waals surface area contributed by atoms with Crippen LogP contribution < -0.4 is 11.5 Å². The molecule has 0 radical (unpaired) electrons. The van der Waals surface area contributed by atoms with Crippen LogP contribution in [0, 0.1) is 6.92 Å².